The van der Waals surface area contributed by atoms with Gasteiger partial charge >= 0.3 is 5.97 Å². The minimum Gasteiger partial charge on any atom is -0.481 e. The zero-order chi connectivity index (χ0) is 16.6. The summed E-state index contributed by atoms with van der Waals surface area (Å²) in [7, 11) is 0. The Morgan fingerprint density at radius 3 is 2.19 bits per heavy atom. The molecule has 4 atom stereocenters. The fraction of sp³-hybridized carbons (Fsp3) is 0.875. The van der Waals surface area contributed by atoms with Gasteiger partial charge in [-0.05, 0) is 23.7 Å². The van der Waals surface area contributed by atoms with E-state index in [0.29, 0.717) is 12.5 Å². The maximum atomic E-state index is 11.9. The average molecular weight is 300 g/mol. The van der Waals surface area contributed by atoms with Crippen LogP contribution >= 0.6 is 0 Å². The van der Waals surface area contributed by atoms with Crippen LogP contribution in [0.3, 0.4) is 0 Å². The van der Waals surface area contributed by atoms with Gasteiger partial charge in [0.1, 0.15) is 0 Å². The van der Waals surface area contributed by atoms with E-state index < -0.39 is 12.0 Å². The third kappa shape index (κ3) is 7.46. The molecule has 0 rings (SSSR count). The molecule has 0 saturated heterocycles. The molecule has 124 valence electrons. The second-order valence-electron chi connectivity index (χ2n) is 6.50. The molecule has 4 N–H and O–H groups in total. The minimum atomic E-state index is -0.821. The highest BCUT2D eigenvalue weighted by molar-refractivity contribution is 5.81. The first-order valence-electron chi connectivity index (χ1n) is 7.95. The normalized spacial score (nSPS) is 17.1. The highest BCUT2D eigenvalue weighted by atomic mass is 16.4. The summed E-state index contributed by atoms with van der Waals surface area (Å²) >= 11 is 0. The van der Waals surface area contributed by atoms with Gasteiger partial charge in [-0.15, -0.1) is 0 Å². The lowest BCUT2D eigenvalue weighted by atomic mass is 9.80. The number of nitrogens with one attached hydrogen (secondary N) is 1. The van der Waals surface area contributed by atoms with Crippen molar-refractivity contribution in [1.82, 2.24) is 5.32 Å². The number of aliphatic carboxylic acids is 1. The number of nitrogens with two attached hydrogens (primary N) is 1. The van der Waals surface area contributed by atoms with Crippen molar-refractivity contribution in [2.24, 2.45) is 29.4 Å². The Hall–Kier alpha value is -1.10. The first-order chi connectivity index (χ1) is 9.70. The third-order valence-corrected chi connectivity index (χ3v) is 4.38. The molecule has 1 amide bonds. The molecule has 0 aliphatic carbocycles. The van der Waals surface area contributed by atoms with Crippen molar-refractivity contribution >= 4 is 11.9 Å². The van der Waals surface area contributed by atoms with Crippen LogP contribution < -0.4 is 11.1 Å². The molecule has 0 aromatic heterocycles. The molecule has 0 fully saturated rings. The molecule has 0 aromatic rings. The van der Waals surface area contributed by atoms with Gasteiger partial charge in [-0.2, -0.15) is 0 Å². The Balaban J connectivity index is 4.63. The van der Waals surface area contributed by atoms with E-state index in [9.17, 15) is 9.59 Å². The maximum absolute atomic E-state index is 11.9. The van der Waals surface area contributed by atoms with E-state index in [0.717, 1.165) is 12.8 Å². The first-order valence-corrected chi connectivity index (χ1v) is 7.95. The molecule has 0 bridgehead atoms. The predicted molar refractivity (Wildman–Crippen MR) is 84.8 cm³/mol. The fourth-order valence-corrected chi connectivity index (χ4v) is 2.50. The monoisotopic (exact) mass is 300 g/mol. The average Bonchev–Trinajstić information content (AvgIpc) is 2.40. The van der Waals surface area contributed by atoms with Crippen molar-refractivity contribution in [2.75, 3.05) is 6.54 Å². The van der Waals surface area contributed by atoms with Gasteiger partial charge in [-0.25, -0.2) is 0 Å². The van der Waals surface area contributed by atoms with Crippen molar-refractivity contribution in [1.29, 1.82) is 0 Å². The molecule has 21 heavy (non-hydrogen) atoms. The predicted octanol–water partition coefficient (Wildman–Crippen LogP) is 2.25. The maximum Gasteiger partial charge on any atom is 0.303 e. The zero-order valence-electron chi connectivity index (χ0n) is 14.1. The number of amides is 1. The summed E-state index contributed by atoms with van der Waals surface area (Å²) in [6, 6.07) is -0.543. The first kappa shape index (κ1) is 19.9. The van der Waals surface area contributed by atoms with Crippen LogP contribution in [-0.4, -0.2) is 29.6 Å². The van der Waals surface area contributed by atoms with Crippen LogP contribution in [0.15, 0.2) is 0 Å². The number of carboxylic acids is 1. The van der Waals surface area contributed by atoms with Crippen molar-refractivity contribution in [3.05, 3.63) is 0 Å². The highest BCUT2D eigenvalue weighted by Gasteiger charge is 2.26. The number of hydrogen-bond acceptors (Lipinski definition) is 3. The molecular formula is C16H32N2O3. The van der Waals surface area contributed by atoms with Gasteiger partial charge in [0.15, 0.2) is 0 Å². The molecule has 0 saturated carbocycles. The summed E-state index contributed by atoms with van der Waals surface area (Å²) in [6.45, 7) is 10.5. The molecule has 0 heterocycles. The summed E-state index contributed by atoms with van der Waals surface area (Å²) in [6.07, 6.45) is 2.22. The summed E-state index contributed by atoms with van der Waals surface area (Å²) < 4.78 is 0. The van der Waals surface area contributed by atoms with Gasteiger partial charge < -0.3 is 16.2 Å². The van der Waals surface area contributed by atoms with Gasteiger partial charge in [-0.1, -0.05) is 47.5 Å². The fourth-order valence-electron chi connectivity index (χ4n) is 2.50. The quantitative estimate of drug-likeness (QED) is 0.577. The van der Waals surface area contributed by atoms with Crippen molar-refractivity contribution < 1.29 is 14.7 Å². The van der Waals surface area contributed by atoms with E-state index in [1.807, 2.05) is 13.8 Å². The summed E-state index contributed by atoms with van der Waals surface area (Å²) in [5, 5.41) is 11.9. The number of carbonyl (C=O) groups is 2. The van der Waals surface area contributed by atoms with Gasteiger partial charge in [-0.3, -0.25) is 9.59 Å². The third-order valence-electron chi connectivity index (χ3n) is 4.38. The van der Waals surface area contributed by atoms with Crippen LogP contribution in [0.4, 0.5) is 0 Å². The van der Waals surface area contributed by atoms with E-state index in [2.05, 4.69) is 26.1 Å². The molecule has 0 aromatic carbocycles. The molecule has 0 radical (unpaired) electrons. The zero-order valence-corrected chi connectivity index (χ0v) is 14.1. The Morgan fingerprint density at radius 2 is 1.76 bits per heavy atom. The topological polar surface area (TPSA) is 92.4 Å². The Kier molecular flexibility index (Phi) is 9.26. The molecule has 4 unspecified atom stereocenters. The number of rotatable bonds is 10. The Labute approximate surface area is 128 Å². The van der Waals surface area contributed by atoms with E-state index in [4.69, 9.17) is 10.8 Å². The lowest BCUT2D eigenvalue weighted by molar-refractivity contribution is -0.139. The number of carbonyl (C=O) groups excluding carboxylic acids is 1. The summed E-state index contributed by atoms with van der Waals surface area (Å²) in [4.78, 5) is 23.0. The lowest BCUT2D eigenvalue weighted by Gasteiger charge is -2.28. The van der Waals surface area contributed by atoms with Crippen LogP contribution in [0.5, 0.6) is 0 Å². The van der Waals surface area contributed by atoms with Crippen molar-refractivity contribution in [3.8, 4) is 0 Å². The molecule has 5 heteroatoms. The van der Waals surface area contributed by atoms with E-state index in [-0.39, 0.29) is 30.1 Å². The lowest BCUT2D eigenvalue weighted by Crippen LogP contribution is -2.46. The van der Waals surface area contributed by atoms with Crippen molar-refractivity contribution in [2.45, 2.75) is 59.9 Å². The Bertz CT molecular complexity index is 331. The summed E-state index contributed by atoms with van der Waals surface area (Å²) in [5.74, 6) is -0.327. The second-order valence-corrected chi connectivity index (χ2v) is 6.50. The van der Waals surface area contributed by atoms with Crippen LogP contribution in [0.2, 0.25) is 0 Å². The molecule has 0 spiro atoms. The molecule has 0 aliphatic heterocycles. The highest BCUT2D eigenvalue weighted by Crippen LogP contribution is 2.26. The number of hydrogen-bond donors (Lipinski definition) is 3. The van der Waals surface area contributed by atoms with Crippen LogP contribution in [0.25, 0.3) is 0 Å². The van der Waals surface area contributed by atoms with E-state index >= 15 is 0 Å². The van der Waals surface area contributed by atoms with Gasteiger partial charge in [0, 0.05) is 6.54 Å². The van der Waals surface area contributed by atoms with Crippen molar-refractivity contribution in [3.63, 3.8) is 0 Å². The number of carboxylic acid groups (broad SMARTS) is 1. The van der Waals surface area contributed by atoms with E-state index in [1.165, 1.54) is 0 Å². The smallest absolute Gasteiger partial charge is 0.303 e. The molecule has 0 aliphatic rings. The SMILES string of the molecule is CCCC(C)C(C)C(CNC(=O)C(N)C(C)C)CC(=O)O. The second kappa shape index (κ2) is 9.77. The van der Waals surface area contributed by atoms with Crippen LogP contribution in [-0.2, 0) is 9.59 Å². The Morgan fingerprint density at radius 1 is 1.19 bits per heavy atom. The van der Waals surface area contributed by atoms with E-state index in [1.54, 1.807) is 0 Å². The largest absolute Gasteiger partial charge is 0.481 e. The minimum absolute atomic E-state index is 0.0626. The summed E-state index contributed by atoms with van der Waals surface area (Å²) in [5.41, 5.74) is 5.80. The van der Waals surface area contributed by atoms with Gasteiger partial charge in [0.2, 0.25) is 5.91 Å². The van der Waals surface area contributed by atoms with Crippen LogP contribution in [0.1, 0.15) is 53.9 Å². The molecular weight excluding hydrogens is 268 g/mol. The van der Waals surface area contributed by atoms with Gasteiger partial charge in [0.05, 0.1) is 12.5 Å². The standard InChI is InChI=1S/C16H32N2O3/c1-6-7-11(4)12(5)13(8-14(19)20)9-18-16(21)15(17)10(2)3/h10-13,15H,6-9,17H2,1-5H3,(H,18,21)(H,19,20). The molecule has 5 nitrogen and oxygen atoms in total. The van der Waals surface area contributed by atoms with Gasteiger partial charge in [0.25, 0.3) is 0 Å². The van der Waals surface area contributed by atoms with Crippen LogP contribution in [0, 0.1) is 23.7 Å².